The van der Waals surface area contributed by atoms with Crippen LogP contribution in [-0.4, -0.2) is 51.1 Å². The predicted octanol–water partition coefficient (Wildman–Crippen LogP) is 2.85. The molecule has 0 heterocycles. The summed E-state index contributed by atoms with van der Waals surface area (Å²) < 4.78 is 0. The van der Waals surface area contributed by atoms with Crippen LogP contribution in [0.2, 0.25) is 0 Å². The number of nitrogens with one attached hydrogen (secondary N) is 3. The van der Waals surface area contributed by atoms with E-state index in [1.165, 1.54) is 5.69 Å². The summed E-state index contributed by atoms with van der Waals surface area (Å²) in [6, 6.07) is 10.5. The van der Waals surface area contributed by atoms with E-state index in [1.807, 2.05) is 26.8 Å². The fourth-order valence-electron chi connectivity index (χ4n) is 2.47. The number of aliphatic imine (C=N–C) groups is 1. The third-order valence-corrected chi connectivity index (χ3v) is 3.94. The van der Waals surface area contributed by atoms with Gasteiger partial charge in [-0.05, 0) is 32.4 Å². The van der Waals surface area contributed by atoms with E-state index in [2.05, 4.69) is 57.0 Å². The highest BCUT2D eigenvalue weighted by molar-refractivity contribution is 14.0. The van der Waals surface area contributed by atoms with Gasteiger partial charge in [0.15, 0.2) is 5.96 Å². The number of amides is 1. The van der Waals surface area contributed by atoms with Crippen LogP contribution in [-0.2, 0) is 4.79 Å². The maximum absolute atomic E-state index is 11.5. The Kier molecular flexibility index (Phi) is 14.7. The summed E-state index contributed by atoms with van der Waals surface area (Å²) in [6.45, 7) is 12.8. The topological polar surface area (TPSA) is 68.8 Å². The lowest BCUT2D eigenvalue weighted by molar-refractivity contribution is -0.123. The van der Waals surface area contributed by atoms with Gasteiger partial charge >= 0.3 is 0 Å². The first kappa shape index (κ1) is 25.5. The Bertz CT molecular complexity index is 536. The average Bonchev–Trinajstić information content (AvgIpc) is 2.65. The largest absolute Gasteiger partial charge is 0.372 e. The van der Waals surface area contributed by atoms with Gasteiger partial charge in [-0.25, -0.2) is 0 Å². The molecule has 0 unspecified atom stereocenters. The molecule has 6 nitrogen and oxygen atoms in total. The van der Waals surface area contributed by atoms with Crippen LogP contribution < -0.4 is 20.9 Å². The normalized spacial score (nSPS) is 10.9. The standard InChI is InChI=1S/C20H35N5O.HI/c1-5-21-20(24-15-14-22-19(26)17(3)4)23-13-10-16-25(6-2)18-11-8-7-9-12-18;/h7-9,11-12,17H,5-6,10,13-16H2,1-4H3,(H,22,26)(H2,21,23,24);1H. The van der Waals surface area contributed by atoms with Gasteiger partial charge in [0.2, 0.25) is 5.91 Å². The molecule has 0 saturated heterocycles. The van der Waals surface area contributed by atoms with E-state index in [0.29, 0.717) is 13.1 Å². The fraction of sp³-hybridized carbons (Fsp3) is 0.600. The number of anilines is 1. The van der Waals surface area contributed by atoms with E-state index in [0.717, 1.165) is 38.6 Å². The smallest absolute Gasteiger partial charge is 0.222 e. The summed E-state index contributed by atoms with van der Waals surface area (Å²) in [5.41, 5.74) is 1.25. The Balaban J connectivity index is 0.00000676. The molecule has 154 valence electrons. The van der Waals surface area contributed by atoms with Crippen molar-refractivity contribution in [3.8, 4) is 0 Å². The molecule has 0 bridgehead atoms. The molecular formula is C20H36IN5O. The lowest BCUT2D eigenvalue weighted by atomic mass is 10.2. The number of carbonyl (C=O) groups excluding carboxylic acids is 1. The molecule has 0 spiro atoms. The summed E-state index contributed by atoms with van der Waals surface area (Å²) in [4.78, 5) is 18.5. The van der Waals surface area contributed by atoms with Gasteiger partial charge in [0.25, 0.3) is 0 Å². The summed E-state index contributed by atoms with van der Waals surface area (Å²) in [7, 11) is 0. The quantitative estimate of drug-likeness (QED) is 0.194. The first-order valence-corrected chi connectivity index (χ1v) is 9.68. The van der Waals surface area contributed by atoms with Crippen molar-refractivity contribution < 1.29 is 4.79 Å². The summed E-state index contributed by atoms with van der Waals surface area (Å²) >= 11 is 0. The Morgan fingerprint density at radius 3 is 2.33 bits per heavy atom. The Morgan fingerprint density at radius 2 is 1.74 bits per heavy atom. The fourth-order valence-corrected chi connectivity index (χ4v) is 2.47. The highest BCUT2D eigenvalue weighted by Crippen LogP contribution is 2.12. The van der Waals surface area contributed by atoms with Crippen LogP contribution in [0.25, 0.3) is 0 Å². The molecule has 1 aromatic rings. The van der Waals surface area contributed by atoms with E-state index in [-0.39, 0.29) is 35.8 Å². The molecule has 27 heavy (non-hydrogen) atoms. The SMILES string of the molecule is CCNC(=NCCCN(CC)c1ccccc1)NCCNC(=O)C(C)C.I. The summed E-state index contributed by atoms with van der Waals surface area (Å²) in [5.74, 6) is 0.895. The molecule has 3 N–H and O–H groups in total. The molecule has 0 aliphatic heterocycles. The first-order chi connectivity index (χ1) is 12.6. The Morgan fingerprint density at radius 1 is 1.07 bits per heavy atom. The van der Waals surface area contributed by atoms with E-state index < -0.39 is 0 Å². The number of hydrogen-bond acceptors (Lipinski definition) is 3. The van der Waals surface area contributed by atoms with E-state index in [9.17, 15) is 4.79 Å². The highest BCUT2D eigenvalue weighted by atomic mass is 127. The molecule has 1 amide bonds. The van der Waals surface area contributed by atoms with Crippen molar-refractivity contribution >= 4 is 41.5 Å². The number of para-hydroxylation sites is 1. The monoisotopic (exact) mass is 489 g/mol. The third kappa shape index (κ3) is 11.0. The zero-order valence-electron chi connectivity index (χ0n) is 17.1. The molecule has 7 heteroatoms. The molecule has 0 saturated carbocycles. The van der Waals surface area contributed by atoms with Crippen molar-refractivity contribution in [2.75, 3.05) is 44.2 Å². The van der Waals surface area contributed by atoms with Crippen LogP contribution in [0.1, 0.15) is 34.1 Å². The van der Waals surface area contributed by atoms with Gasteiger partial charge in [-0.2, -0.15) is 0 Å². The van der Waals surface area contributed by atoms with Gasteiger partial charge in [0, 0.05) is 50.9 Å². The van der Waals surface area contributed by atoms with Crippen LogP contribution in [0.15, 0.2) is 35.3 Å². The number of benzene rings is 1. The van der Waals surface area contributed by atoms with Crippen molar-refractivity contribution in [2.24, 2.45) is 10.9 Å². The van der Waals surface area contributed by atoms with Crippen LogP contribution >= 0.6 is 24.0 Å². The summed E-state index contributed by atoms with van der Waals surface area (Å²) in [5, 5.41) is 9.40. The van der Waals surface area contributed by atoms with Crippen molar-refractivity contribution in [2.45, 2.75) is 34.1 Å². The van der Waals surface area contributed by atoms with Crippen LogP contribution in [0.5, 0.6) is 0 Å². The lowest BCUT2D eigenvalue weighted by Gasteiger charge is -2.22. The summed E-state index contributed by atoms with van der Waals surface area (Å²) in [6.07, 6.45) is 0.989. The number of nitrogens with zero attached hydrogens (tertiary/aromatic N) is 2. The van der Waals surface area contributed by atoms with Crippen LogP contribution in [0, 0.1) is 5.92 Å². The van der Waals surface area contributed by atoms with Crippen molar-refractivity contribution in [3.63, 3.8) is 0 Å². The highest BCUT2D eigenvalue weighted by Gasteiger charge is 2.05. The molecule has 0 aromatic heterocycles. The Labute approximate surface area is 181 Å². The number of carbonyl (C=O) groups is 1. The van der Waals surface area contributed by atoms with Gasteiger partial charge in [-0.3, -0.25) is 9.79 Å². The van der Waals surface area contributed by atoms with Gasteiger partial charge in [0.05, 0.1) is 0 Å². The molecule has 0 radical (unpaired) electrons. The Hall–Kier alpha value is -1.51. The first-order valence-electron chi connectivity index (χ1n) is 9.68. The molecule has 1 aromatic carbocycles. The second kappa shape index (κ2) is 15.5. The van der Waals surface area contributed by atoms with Crippen molar-refractivity contribution in [1.82, 2.24) is 16.0 Å². The van der Waals surface area contributed by atoms with E-state index in [1.54, 1.807) is 0 Å². The predicted molar refractivity (Wildman–Crippen MR) is 126 cm³/mol. The van der Waals surface area contributed by atoms with Gasteiger partial charge in [-0.1, -0.05) is 32.0 Å². The van der Waals surface area contributed by atoms with Gasteiger partial charge in [0.1, 0.15) is 0 Å². The van der Waals surface area contributed by atoms with Gasteiger partial charge in [-0.15, -0.1) is 24.0 Å². The maximum atomic E-state index is 11.5. The van der Waals surface area contributed by atoms with Crippen molar-refractivity contribution in [3.05, 3.63) is 30.3 Å². The third-order valence-electron chi connectivity index (χ3n) is 3.94. The number of hydrogen-bond donors (Lipinski definition) is 3. The molecule has 0 aliphatic rings. The van der Waals surface area contributed by atoms with Crippen molar-refractivity contribution in [1.29, 1.82) is 0 Å². The van der Waals surface area contributed by atoms with E-state index in [4.69, 9.17) is 0 Å². The lowest BCUT2D eigenvalue weighted by Crippen LogP contribution is -2.42. The number of guanidine groups is 1. The minimum absolute atomic E-state index is 0. The molecular weight excluding hydrogens is 453 g/mol. The number of halogens is 1. The van der Waals surface area contributed by atoms with E-state index >= 15 is 0 Å². The molecule has 0 atom stereocenters. The van der Waals surface area contributed by atoms with Crippen LogP contribution in [0.3, 0.4) is 0 Å². The zero-order chi connectivity index (χ0) is 19.2. The maximum Gasteiger partial charge on any atom is 0.222 e. The second-order valence-corrected chi connectivity index (χ2v) is 6.40. The van der Waals surface area contributed by atoms with Gasteiger partial charge < -0.3 is 20.9 Å². The average molecular weight is 489 g/mol. The minimum atomic E-state index is 0. The second-order valence-electron chi connectivity index (χ2n) is 6.40. The molecule has 0 fully saturated rings. The van der Waals surface area contributed by atoms with Crippen LogP contribution in [0.4, 0.5) is 5.69 Å². The molecule has 1 rings (SSSR count). The minimum Gasteiger partial charge on any atom is -0.372 e. The molecule has 0 aliphatic carbocycles. The zero-order valence-corrected chi connectivity index (χ0v) is 19.5. The number of rotatable bonds is 11.